The number of carbonyl (C=O) groups is 1. The maximum atomic E-state index is 11.9. The predicted octanol–water partition coefficient (Wildman–Crippen LogP) is 0.228. The first kappa shape index (κ1) is 20.2. The first-order valence-electron chi connectivity index (χ1n) is 7.23. The summed E-state index contributed by atoms with van der Waals surface area (Å²) in [5, 5.41) is 2.60. The molecular weight excluding hydrogens is 336 g/mol. The predicted molar refractivity (Wildman–Crippen MR) is 89.7 cm³/mol. The first-order valence-corrected chi connectivity index (χ1v) is 9.08. The molecule has 8 nitrogen and oxygen atoms in total. The third kappa shape index (κ3) is 6.34. The third-order valence-corrected chi connectivity index (χ3v) is 4.42. The van der Waals surface area contributed by atoms with Crippen molar-refractivity contribution in [2.24, 2.45) is 0 Å². The molecule has 0 aliphatic carbocycles. The van der Waals surface area contributed by atoms with E-state index in [9.17, 15) is 13.2 Å². The van der Waals surface area contributed by atoms with Crippen molar-refractivity contribution in [3.8, 4) is 11.5 Å². The van der Waals surface area contributed by atoms with Gasteiger partial charge in [0.2, 0.25) is 15.9 Å². The van der Waals surface area contributed by atoms with Crippen LogP contribution in [0.1, 0.15) is 5.56 Å². The second-order valence-electron chi connectivity index (χ2n) is 5.06. The molecule has 0 saturated carbocycles. The van der Waals surface area contributed by atoms with E-state index in [1.165, 1.54) is 21.3 Å². The van der Waals surface area contributed by atoms with E-state index in [2.05, 4.69) is 5.32 Å². The highest BCUT2D eigenvalue weighted by molar-refractivity contribution is 7.88. The Morgan fingerprint density at radius 1 is 1.17 bits per heavy atom. The zero-order valence-corrected chi connectivity index (χ0v) is 15.2. The second kappa shape index (κ2) is 9.45. The van der Waals surface area contributed by atoms with E-state index < -0.39 is 15.9 Å². The zero-order chi connectivity index (χ0) is 18.2. The van der Waals surface area contributed by atoms with Gasteiger partial charge in [-0.3, -0.25) is 4.79 Å². The minimum Gasteiger partial charge on any atom is -0.493 e. The van der Waals surface area contributed by atoms with Crippen molar-refractivity contribution in [1.29, 1.82) is 0 Å². The van der Waals surface area contributed by atoms with Crippen molar-refractivity contribution in [2.75, 3.05) is 47.3 Å². The highest BCUT2D eigenvalue weighted by Gasteiger charge is 2.21. The van der Waals surface area contributed by atoms with Crippen molar-refractivity contribution in [3.05, 3.63) is 23.8 Å². The molecule has 0 saturated heterocycles. The van der Waals surface area contributed by atoms with E-state index in [1.54, 1.807) is 18.2 Å². The highest BCUT2D eigenvalue weighted by Crippen LogP contribution is 2.28. The Labute approximate surface area is 142 Å². The Hall–Kier alpha value is -1.84. The molecule has 0 aromatic heterocycles. The summed E-state index contributed by atoms with van der Waals surface area (Å²) >= 11 is 0. The van der Waals surface area contributed by atoms with Gasteiger partial charge in [-0.25, -0.2) is 8.42 Å². The van der Waals surface area contributed by atoms with Crippen LogP contribution >= 0.6 is 0 Å². The summed E-state index contributed by atoms with van der Waals surface area (Å²) in [6, 6.07) is 5.09. The largest absolute Gasteiger partial charge is 0.493 e. The van der Waals surface area contributed by atoms with Crippen molar-refractivity contribution in [2.45, 2.75) is 6.54 Å². The van der Waals surface area contributed by atoms with Crippen molar-refractivity contribution < 1.29 is 27.4 Å². The second-order valence-corrected chi connectivity index (χ2v) is 7.05. The number of benzene rings is 1. The molecule has 0 atom stereocenters. The molecule has 0 fully saturated rings. The van der Waals surface area contributed by atoms with Gasteiger partial charge in [-0.05, 0) is 17.7 Å². The van der Waals surface area contributed by atoms with Crippen LogP contribution in [-0.4, -0.2) is 65.9 Å². The first-order chi connectivity index (χ1) is 11.3. The number of hydrogen-bond donors (Lipinski definition) is 1. The van der Waals surface area contributed by atoms with Gasteiger partial charge in [0.25, 0.3) is 0 Å². The molecule has 0 aliphatic rings. The van der Waals surface area contributed by atoms with Gasteiger partial charge in [-0.15, -0.1) is 0 Å². The van der Waals surface area contributed by atoms with Crippen molar-refractivity contribution in [3.63, 3.8) is 0 Å². The van der Waals surface area contributed by atoms with Gasteiger partial charge in [0.1, 0.15) is 0 Å². The number of nitrogens with zero attached hydrogens (tertiary/aromatic N) is 1. The van der Waals surface area contributed by atoms with Gasteiger partial charge >= 0.3 is 0 Å². The van der Waals surface area contributed by atoms with E-state index in [1.807, 2.05) is 0 Å². The quantitative estimate of drug-likeness (QED) is 0.600. The van der Waals surface area contributed by atoms with Crippen LogP contribution < -0.4 is 14.8 Å². The highest BCUT2D eigenvalue weighted by atomic mass is 32.2. The number of carbonyl (C=O) groups excluding carboxylic acids is 1. The van der Waals surface area contributed by atoms with Crippen LogP contribution in [0, 0.1) is 0 Å². The summed E-state index contributed by atoms with van der Waals surface area (Å²) < 4.78 is 40.2. The zero-order valence-electron chi connectivity index (χ0n) is 14.4. The molecule has 0 unspecified atom stereocenters. The minimum atomic E-state index is -3.55. The lowest BCUT2D eigenvalue weighted by molar-refractivity contribution is -0.121. The third-order valence-electron chi connectivity index (χ3n) is 3.22. The van der Waals surface area contributed by atoms with E-state index in [4.69, 9.17) is 14.2 Å². The molecule has 0 radical (unpaired) electrons. The van der Waals surface area contributed by atoms with Crippen LogP contribution in [0.2, 0.25) is 0 Å². The minimum absolute atomic E-state index is 0.0525. The van der Waals surface area contributed by atoms with E-state index in [0.717, 1.165) is 10.6 Å². The molecule has 1 aromatic carbocycles. The Balaban J connectivity index is 2.86. The molecule has 9 heteroatoms. The Morgan fingerprint density at radius 3 is 2.38 bits per heavy atom. The summed E-state index contributed by atoms with van der Waals surface area (Å²) in [5.41, 5.74) is 0.683. The molecule has 136 valence electrons. The molecule has 24 heavy (non-hydrogen) atoms. The van der Waals surface area contributed by atoms with Gasteiger partial charge in [0.15, 0.2) is 11.5 Å². The average Bonchev–Trinajstić information content (AvgIpc) is 2.53. The van der Waals surface area contributed by atoms with Crippen LogP contribution in [0.4, 0.5) is 0 Å². The summed E-state index contributed by atoms with van der Waals surface area (Å²) in [7, 11) is 0.983. The maximum Gasteiger partial charge on any atom is 0.235 e. The molecule has 1 rings (SSSR count). The van der Waals surface area contributed by atoms with Crippen LogP contribution in [0.5, 0.6) is 11.5 Å². The van der Waals surface area contributed by atoms with Gasteiger partial charge < -0.3 is 19.5 Å². The lowest BCUT2D eigenvalue weighted by Gasteiger charge is -2.20. The standard InChI is InChI=1S/C15H24N2O6S/c1-21-8-7-16-15(18)11-17(24(4,19)20)10-12-5-6-13(22-2)14(9-12)23-3/h5-6,9H,7-8,10-11H2,1-4H3,(H,16,18). The number of sulfonamides is 1. The summed E-state index contributed by atoms with van der Waals surface area (Å²) in [6.07, 6.45) is 1.07. The molecule has 0 spiro atoms. The number of rotatable bonds is 10. The fourth-order valence-electron chi connectivity index (χ4n) is 1.98. The monoisotopic (exact) mass is 360 g/mol. The summed E-state index contributed by atoms with van der Waals surface area (Å²) in [4.78, 5) is 11.9. The lowest BCUT2D eigenvalue weighted by atomic mass is 10.2. The topological polar surface area (TPSA) is 94.2 Å². The summed E-state index contributed by atoms with van der Waals surface area (Å²) in [6.45, 7) is 0.470. The molecule has 0 aliphatic heterocycles. The maximum absolute atomic E-state index is 11.9. The fourth-order valence-corrected chi connectivity index (χ4v) is 2.72. The Morgan fingerprint density at radius 2 is 1.83 bits per heavy atom. The van der Waals surface area contributed by atoms with Gasteiger partial charge in [0, 0.05) is 20.2 Å². The molecule has 1 amide bonds. The fraction of sp³-hybridized carbons (Fsp3) is 0.533. The van der Waals surface area contributed by atoms with Crippen LogP contribution in [-0.2, 0) is 26.1 Å². The SMILES string of the molecule is COCCNC(=O)CN(Cc1ccc(OC)c(OC)c1)S(C)(=O)=O. The van der Waals surface area contributed by atoms with Crippen LogP contribution in [0.15, 0.2) is 18.2 Å². The Bertz CT molecular complexity index is 647. The van der Waals surface area contributed by atoms with Gasteiger partial charge in [-0.2, -0.15) is 4.31 Å². The molecule has 0 bridgehead atoms. The van der Waals surface area contributed by atoms with Gasteiger partial charge in [0.05, 0.1) is 33.6 Å². The van der Waals surface area contributed by atoms with Crippen molar-refractivity contribution in [1.82, 2.24) is 9.62 Å². The average molecular weight is 360 g/mol. The van der Waals surface area contributed by atoms with E-state index in [-0.39, 0.29) is 13.1 Å². The lowest BCUT2D eigenvalue weighted by Crippen LogP contribution is -2.40. The van der Waals surface area contributed by atoms with Crippen molar-refractivity contribution >= 4 is 15.9 Å². The normalized spacial score (nSPS) is 11.4. The molecule has 0 heterocycles. The number of ether oxygens (including phenoxy) is 3. The molecule has 1 aromatic rings. The number of hydrogen-bond acceptors (Lipinski definition) is 6. The Kier molecular flexibility index (Phi) is 7.96. The molecule has 1 N–H and O–H groups in total. The smallest absolute Gasteiger partial charge is 0.235 e. The van der Waals surface area contributed by atoms with Gasteiger partial charge in [-0.1, -0.05) is 6.07 Å². The van der Waals surface area contributed by atoms with Crippen LogP contribution in [0.25, 0.3) is 0 Å². The van der Waals surface area contributed by atoms with Crippen LogP contribution in [0.3, 0.4) is 0 Å². The van der Waals surface area contributed by atoms with E-state index >= 15 is 0 Å². The number of nitrogens with one attached hydrogen (secondary N) is 1. The summed E-state index contributed by atoms with van der Waals surface area (Å²) in [5.74, 6) is 0.649. The molecular formula is C15H24N2O6S. The number of amides is 1. The van der Waals surface area contributed by atoms with E-state index in [0.29, 0.717) is 30.2 Å². The number of methoxy groups -OCH3 is 3.